The molecule has 5 amide bonds. The van der Waals surface area contributed by atoms with Crippen LogP contribution in [0.1, 0.15) is 71.6 Å². The third kappa shape index (κ3) is 19.4. The molecule has 4 rings (SSSR count). The number of hydrogen-bond acceptors (Lipinski definition) is 10. The summed E-state index contributed by atoms with van der Waals surface area (Å²) >= 11 is 0. The van der Waals surface area contributed by atoms with E-state index < -0.39 is 65.5 Å². The molecule has 0 aromatic heterocycles. The first-order chi connectivity index (χ1) is 29.7. The van der Waals surface area contributed by atoms with Crippen LogP contribution in [0, 0.1) is 17.8 Å². The van der Waals surface area contributed by atoms with Crippen molar-refractivity contribution in [2.45, 2.75) is 104 Å². The van der Waals surface area contributed by atoms with E-state index in [9.17, 15) is 39.3 Å². The highest BCUT2D eigenvalue weighted by Gasteiger charge is 2.34. The number of phenols is 1. The standard InChI is InChI=1S/C42H57N3O9.C5H10N2O2/c1-26(2)25-53-33-19-15-30(16-20-33)23-35(40(50)51)43-39(49)37(27(3)4)45-38(48)31(21-29-13-17-32(46)18-14-29)24-36(47)34(22-28-11-9-8-10-12-28)44-41(52)54-42(5,6)7;6-5(8)7-1-3-9-4-2-7/h8-20,26-27,31,34-37,46-47H,21-25H2,1-7H3,(H,43,49)(H,44,52)(H,45,48)(H,50,51);1-4H2,(H2,6,8)/t31?,34?,35-,36?,37?;/m0./s1. The van der Waals surface area contributed by atoms with Crippen molar-refractivity contribution in [3.05, 3.63) is 95.6 Å². The minimum absolute atomic E-state index is 0.00736. The van der Waals surface area contributed by atoms with Crippen LogP contribution in [0.3, 0.4) is 0 Å². The Hall–Kier alpha value is -5.87. The number of carbonyl (C=O) groups excluding carboxylic acids is 4. The Bertz CT molecular complexity index is 1880. The van der Waals surface area contributed by atoms with Gasteiger partial charge in [-0.15, -0.1) is 0 Å². The van der Waals surface area contributed by atoms with E-state index >= 15 is 0 Å². The van der Waals surface area contributed by atoms with E-state index in [4.69, 9.17) is 19.9 Å². The van der Waals surface area contributed by atoms with Crippen LogP contribution < -0.4 is 26.4 Å². The number of hydrogen-bond donors (Lipinski definition) is 7. The second-order valence-electron chi connectivity index (χ2n) is 17.4. The SMILES string of the molecule is CC(C)COc1ccc(C[C@H](NC(=O)C(NC(=O)C(Cc2ccc(O)cc2)CC(O)C(Cc2ccccc2)NC(=O)OC(C)(C)C)C(C)C)C(=O)O)cc1.NC(=O)N1CCOCC1. The maximum atomic E-state index is 14.1. The first-order valence-electron chi connectivity index (χ1n) is 21.4. The molecule has 1 fully saturated rings. The van der Waals surface area contributed by atoms with Crippen molar-refractivity contribution in [1.82, 2.24) is 20.9 Å². The molecule has 3 aromatic carbocycles. The van der Waals surface area contributed by atoms with Crippen LogP contribution in [0.25, 0.3) is 0 Å². The Morgan fingerprint density at radius 3 is 1.87 bits per heavy atom. The maximum Gasteiger partial charge on any atom is 0.407 e. The van der Waals surface area contributed by atoms with Gasteiger partial charge in [-0.05, 0) is 92.8 Å². The molecular formula is C47H67N5O11. The van der Waals surface area contributed by atoms with Gasteiger partial charge in [0.1, 0.15) is 29.2 Å². The average Bonchev–Trinajstić information content (AvgIpc) is 3.22. The summed E-state index contributed by atoms with van der Waals surface area (Å²) in [7, 11) is 0. The largest absolute Gasteiger partial charge is 0.508 e. The third-order valence-corrected chi connectivity index (χ3v) is 9.91. The number of nitrogens with one attached hydrogen (secondary N) is 3. The van der Waals surface area contributed by atoms with Crippen molar-refractivity contribution in [1.29, 1.82) is 0 Å². The van der Waals surface area contributed by atoms with Crippen molar-refractivity contribution in [3.8, 4) is 11.5 Å². The predicted molar refractivity (Wildman–Crippen MR) is 238 cm³/mol. The predicted octanol–water partition coefficient (Wildman–Crippen LogP) is 4.82. The van der Waals surface area contributed by atoms with Gasteiger partial charge in [-0.2, -0.15) is 0 Å². The number of morpholine rings is 1. The van der Waals surface area contributed by atoms with E-state index in [1.54, 1.807) is 75.9 Å². The maximum absolute atomic E-state index is 14.1. The van der Waals surface area contributed by atoms with E-state index in [0.717, 1.165) is 5.56 Å². The lowest BCUT2D eigenvalue weighted by Gasteiger charge is -2.30. The zero-order valence-corrected chi connectivity index (χ0v) is 37.5. The van der Waals surface area contributed by atoms with Crippen molar-refractivity contribution in [2.24, 2.45) is 23.5 Å². The van der Waals surface area contributed by atoms with E-state index in [1.807, 2.05) is 44.2 Å². The highest BCUT2D eigenvalue weighted by atomic mass is 16.6. The molecule has 0 spiro atoms. The lowest BCUT2D eigenvalue weighted by molar-refractivity contribution is -0.142. The Labute approximate surface area is 370 Å². The van der Waals surface area contributed by atoms with Gasteiger partial charge >= 0.3 is 18.1 Å². The van der Waals surface area contributed by atoms with E-state index in [1.165, 1.54) is 12.1 Å². The number of carbonyl (C=O) groups is 5. The molecule has 1 heterocycles. The van der Waals surface area contributed by atoms with Gasteiger partial charge in [-0.1, -0.05) is 82.3 Å². The summed E-state index contributed by atoms with van der Waals surface area (Å²) in [5.74, 6) is -2.72. The summed E-state index contributed by atoms with van der Waals surface area (Å²) in [4.78, 5) is 65.0. The number of nitrogens with zero attached hydrogens (tertiary/aromatic N) is 1. The van der Waals surface area contributed by atoms with Crippen LogP contribution in [0.5, 0.6) is 11.5 Å². The highest BCUT2D eigenvalue weighted by Crippen LogP contribution is 2.22. The van der Waals surface area contributed by atoms with Gasteiger partial charge in [0.05, 0.1) is 32.0 Å². The third-order valence-electron chi connectivity index (χ3n) is 9.91. The van der Waals surface area contributed by atoms with Crippen LogP contribution in [-0.4, -0.2) is 113 Å². The van der Waals surface area contributed by atoms with Crippen LogP contribution in [-0.2, 0) is 43.1 Å². The lowest BCUT2D eigenvalue weighted by atomic mass is 9.88. The molecule has 0 bridgehead atoms. The second kappa shape index (κ2) is 25.3. The molecule has 1 aliphatic heterocycles. The number of ether oxygens (including phenoxy) is 3. The fourth-order valence-corrected chi connectivity index (χ4v) is 6.54. The first kappa shape index (κ1) is 51.5. The van der Waals surface area contributed by atoms with Gasteiger partial charge in [0.15, 0.2) is 0 Å². The minimum Gasteiger partial charge on any atom is -0.508 e. The monoisotopic (exact) mass is 877 g/mol. The molecule has 3 aromatic rings. The molecule has 1 aliphatic rings. The number of carboxylic acids is 1. The summed E-state index contributed by atoms with van der Waals surface area (Å²) < 4.78 is 16.2. The molecule has 5 atom stereocenters. The first-order valence-corrected chi connectivity index (χ1v) is 21.4. The molecule has 16 heteroatoms. The summed E-state index contributed by atoms with van der Waals surface area (Å²) in [5, 5.41) is 39.7. The van der Waals surface area contributed by atoms with E-state index in [-0.39, 0.29) is 37.5 Å². The fourth-order valence-electron chi connectivity index (χ4n) is 6.54. The van der Waals surface area contributed by atoms with Gasteiger partial charge in [0, 0.05) is 25.4 Å². The number of carboxylic acid groups (broad SMARTS) is 1. The number of primary amides is 1. The minimum atomic E-state index is -1.27. The number of aromatic hydroxyl groups is 1. The Kier molecular flexibility index (Phi) is 20.7. The fraction of sp³-hybridized carbons (Fsp3) is 0.511. The van der Waals surface area contributed by atoms with E-state index in [0.29, 0.717) is 55.7 Å². The number of aliphatic hydroxyl groups excluding tert-OH is 1. The summed E-state index contributed by atoms with van der Waals surface area (Å²) in [5.41, 5.74) is 6.43. The van der Waals surface area contributed by atoms with Crippen molar-refractivity contribution < 1.29 is 53.5 Å². The van der Waals surface area contributed by atoms with Gasteiger partial charge in [-0.25, -0.2) is 14.4 Å². The number of nitrogens with two attached hydrogens (primary N) is 1. The van der Waals surface area contributed by atoms with Crippen molar-refractivity contribution in [3.63, 3.8) is 0 Å². The number of aliphatic hydroxyl groups is 1. The average molecular weight is 878 g/mol. The normalized spacial score (nSPS) is 15.1. The number of benzene rings is 3. The molecule has 4 unspecified atom stereocenters. The van der Waals surface area contributed by atoms with Gasteiger partial charge < -0.3 is 56.1 Å². The Balaban J connectivity index is 0.00000104. The van der Waals surface area contributed by atoms with Crippen LogP contribution >= 0.6 is 0 Å². The summed E-state index contributed by atoms with van der Waals surface area (Å²) in [6.07, 6.45) is -1.67. The van der Waals surface area contributed by atoms with Gasteiger partial charge in [0.2, 0.25) is 11.8 Å². The number of rotatable bonds is 19. The molecule has 346 valence electrons. The van der Waals surface area contributed by atoms with Crippen molar-refractivity contribution >= 4 is 29.9 Å². The highest BCUT2D eigenvalue weighted by molar-refractivity contribution is 5.91. The second-order valence-corrected chi connectivity index (χ2v) is 17.4. The van der Waals surface area contributed by atoms with Gasteiger partial charge in [-0.3, -0.25) is 9.59 Å². The number of amides is 5. The number of aliphatic carboxylic acids is 1. The smallest absolute Gasteiger partial charge is 0.407 e. The lowest BCUT2D eigenvalue weighted by Crippen LogP contribution is -2.55. The number of phenolic OH excluding ortho intramolecular Hbond substituents is 1. The molecule has 63 heavy (non-hydrogen) atoms. The molecule has 1 saturated heterocycles. The van der Waals surface area contributed by atoms with Crippen LogP contribution in [0.2, 0.25) is 0 Å². The summed E-state index contributed by atoms with van der Waals surface area (Å²) in [6, 6.07) is 19.0. The molecule has 16 nitrogen and oxygen atoms in total. The quantitative estimate of drug-likeness (QED) is 0.0862. The zero-order chi connectivity index (χ0) is 46.7. The van der Waals surface area contributed by atoms with Crippen molar-refractivity contribution in [2.75, 3.05) is 32.9 Å². The van der Waals surface area contributed by atoms with Crippen LogP contribution in [0.15, 0.2) is 78.9 Å². The molecule has 0 saturated carbocycles. The van der Waals surface area contributed by atoms with Crippen LogP contribution in [0.4, 0.5) is 9.59 Å². The number of alkyl carbamates (subject to hydrolysis) is 1. The molecule has 0 radical (unpaired) electrons. The van der Waals surface area contributed by atoms with Gasteiger partial charge in [0.25, 0.3) is 0 Å². The topological polar surface area (TPSA) is 239 Å². The number of urea groups is 1. The Morgan fingerprint density at radius 2 is 1.35 bits per heavy atom. The molecule has 8 N–H and O–H groups in total. The molecular weight excluding hydrogens is 811 g/mol. The summed E-state index contributed by atoms with van der Waals surface area (Å²) in [6.45, 7) is 15.8. The molecule has 0 aliphatic carbocycles. The van der Waals surface area contributed by atoms with E-state index in [2.05, 4.69) is 16.0 Å². The zero-order valence-electron chi connectivity index (χ0n) is 37.5. The Morgan fingerprint density at radius 1 is 0.778 bits per heavy atom.